The molecule has 0 atom stereocenters. The summed E-state index contributed by atoms with van der Waals surface area (Å²) in [7, 11) is 0. The van der Waals surface area contributed by atoms with E-state index in [4.69, 9.17) is 11.6 Å². The summed E-state index contributed by atoms with van der Waals surface area (Å²) in [6.45, 7) is 7.24. The van der Waals surface area contributed by atoms with Crippen LogP contribution in [-0.2, 0) is 13.0 Å². The number of nitrogens with one attached hydrogen (secondary N) is 2. The van der Waals surface area contributed by atoms with Gasteiger partial charge in [-0.05, 0) is 49.8 Å². The fraction of sp³-hybridized carbons (Fsp3) is 0.450. The Balaban J connectivity index is 1.89. The van der Waals surface area contributed by atoms with E-state index in [-0.39, 0.29) is 17.6 Å². The molecular formula is C20H25ClN4O2. The Bertz CT molecular complexity index is 873. The van der Waals surface area contributed by atoms with Gasteiger partial charge in [-0.25, -0.2) is 4.98 Å². The Morgan fingerprint density at radius 1 is 1.26 bits per heavy atom. The number of halogens is 1. The van der Waals surface area contributed by atoms with Crippen LogP contribution in [0.1, 0.15) is 59.1 Å². The van der Waals surface area contributed by atoms with Gasteiger partial charge in [-0.1, -0.05) is 31.5 Å². The lowest BCUT2D eigenvalue weighted by molar-refractivity contribution is 0.0943. The number of aryl methyl sites for hydroxylation is 1. The quantitative estimate of drug-likeness (QED) is 0.817. The summed E-state index contributed by atoms with van der Waals surface area (Å²) in [5.41, 5.74) is 2.76. The smallest absolute Gasteiger partial charge is 0.291 e. The van der Waals surface area contributed by atoms with E-state index in [2.05, 4.69) is 15.6 Å². The van der Waals surface area contributed by atoms with E-state index < -0.39 is 0 Å². The maximum Gasteiger partial charge on any atom is 0.291 e. The van der Waals surface area contributed by atoms with Crippen LogP contribution in [0.15, 0.2) is 18.2 Å². The van der Waals surface area contributed by atoms with E-state index >= 15 is 0 Å². The van der Waals surface area contributed by atoms with Crippen molar-refractivity contribution in [2.45, 2.75) is 46.6 Å². The normalized spacial score (nSPS) is 13.4. The lowest BCUT2D eigenvalue weighted by Gasteiger charge is -2.17. The summed E-state index contributed by atoms with van der Waals surface area (Å²) < 4.78 is 1.88. The third kappa shape index (κ3) is 4.33. The van der Waals surface area contributed by atoms with Gasteiger partial charge < -0.3 is 15.2 Å². The SMILES string of the molecule is Cc1ccc(Cl)cc1NC(=O)c1nc(C(=O)NCC(C)C)c2n1CCCC2. The second kappa shape index (κ2) is 8.13. The summed E-state index contributed by atoms with van der Waals surface area (Å²) in [5.74, 6) is 0.0819. The molecule has 2 N–H and O–H groups in total. The number of fused-ring (bicyclic) bond motifs is 1. The van der Waals surface area contributed by atoms with E-state index in [0.29, 0.717) is 35.4 Å². The summed E-state index contributed by atoms with van der Waals surface area (Å²) in [6, 6.07) is 5.34. The minimum absolute atomic E-state index is 0.215. The Labute approximate surface area is 164 Å². The van der Waals surface area contributed by atoms with E-state index in [1.807, 2.05) is 31.4 Å². The molecule has 1 aromatic carbocycles. The number of imidazole rings is 1. The molecule has 0 saturated heterocycles. The van der Waals surface area contributed by atoms with Gasteiger partial charge in [0.15, 0.2) is 5.82 Å². The monoisotopic (exact) mass is 388 g/mol. The summed E-state index contributed by atoms with van der Waals surface area (Å²) in [6.07, 6.45) is 2.71. The average Bonchev–Trinajstić information content (AvgIpc) is 3.02. The number of rotatable bonds is 5. The number of aromatic nitrogens is 2. The van der Waals surface area contributed by atoms with Crippen LogP contribution in [0, 0.1) is 12.8 Å². The van der Waals surface area contributed by atoms with Crippen LogP contribution >= 0.6 is 11.6 Å². The second-order valence-corrected chi connectivity index (χ2v) is 7.79. The van der Waals surface area contributed by atoms with Crippen molar-refractivity contribution < 1.29 is 9.59 Å². The Hall–Kier alpha value is -2.34. The molecule has 1 aromatic heterocycles. The molecule has 0 unspecified atom stereocenters. The van der Waals surface area contributed by atoms with Gasteiger partial charge in [0.2, 0.25) is 0 Å². The Morgan fingerprint density at radius 3 is 2.78 bits per heavy atom. The van der Waals surface area contributed by atoms with Gasteiger partial charge >= 0.3 is 0 Å². The lowest BCUT2D eigenvalue weighted by atomic mass is 10.1. The molecule has 0 bridgehead atoms. The first-order chi connectivity index (χ1) is 12.9. The zero-order chi connectivity index (χ0) is 19.6. The highest BCUT2D eigenvalue weighted by atomic mass is 35.5. The number of hydrogen-bond acceptors (Lipinski definition) is 3. The average molecular weight is 389 g/mol. The van der Waals surface area contributed by atoms with Crippen LogP contribution in [0.3, 0.4) is 0 Å². The van der Waals surface area contributed by atoms with Gasteiger partial charge in [0.1, 0.15) is 5.69 Å². The molecule has 144 valence electrons. The number of hydrogen-bond donors (Lipinski definition) is 2. The van der Waals surface area contributed by atoms with Crippen LogP contribution in [0.25, 0.3) is 0 Å². The van der Waals surface area contributed by atoms with Crippen molar-refractivity contribution in [3.63, 3.8) is 0 Å². The lowest BCUT2D eigenvalue weighted by Crippen LogP contribution is -2.29. The number of anilines is 1. The van der Waals surface area contributed by atoms with Crippen LogP contribution in [0.4, 0.5) is 5.69 Å². The molecule has 3 rings (SSSR count). The second-order valence-electron chi connectivity index (χ2n) is 7.36. The molecule has 6 nitrogen and oxygen atoms in total. The Kier molecular flexibility index (Phi) is 5.85. The van der Waals surface area contributed by atoms with Crippen LogP contribution in [0.5, 0.6) is 0 Å². The van der Waals surface area contributed by atoms with Gasteiger partial charge in [-0.15, -0.1) is 0 Å². The molecule has 2 heterocycles. The van der Waals surface area contributed by atoms with Crippen LogP contribution in [0.2, 0.25) is 5.02 Å². The van der Waals surface area contributed by atoms with Gasteiger partial charge in [0, 0.05) is 23.8 Å². The van der Waals surface area contributed by atoms with Crippen LogP contribution < -0.4 is 10.6 Å². The van der Waals surface area contributed by atoms with Crippen molar-refractivity contribution in [2.75, 3.05) is 11.9 Å². The fourth-order valence-corrected chi connectivity index (χ4v) is 3.36. The summed E-state index contributed by atoms with van der Waals surface area (Å²) in [4.78, 5) is 29.9. The predicted octanol–water partition coefficient (Wildman–Crippen LogP) is 3.82. The van der Waals surface area contributed by atoms with Gasteiger partial charge in [-0.3, -0.25) is 9.59 Å². The molecule has 0 radical (unpaired) electrons. The molecule has 0 saturated carbocycles. The number of amides is 2. The fourth-order valence-electron chi connectivity index (χ4n) is 3.19. The Morgan fingerprint density at radius 2 is 2.04 bits per heavy atom. The van der Waals surface area contributed by atoms with Crippen molar-refractivity contribution >= 4 is 29.1 Å². The summed E-state index contributed by atoms with van der Waals surface area (Å²) in [5, 5.41) is 6.34. The zero-order valence-corrected chi connectivity index (χ0v) is 16.7. The van der Waals surface area contributed by atoms with Gasteiger partial charge in [0.25, 0.3) is 11.8 Å². The molecule has 0 spiro atoms. The largest absolute Gasteiger partial charge is 0.350 e. The molecule has 7 heteroatoms. The van der Waals surface area contributed by atoms with Crippen molar-refractivity contribution in [1.29, 1.82) is 0 Å². The molecule has 2 amide bonds. The molecular weight excluding hydrogens is 364 g/mol. The van der Waals surface area contributed by atoms with Crippen molar-refractivity contribution in [3.8, 4) is 0 Å². The van der Waals surface area contributed by atoms with Crippen molar-refractivity contribution in [3.05, 3.63) is 46.0 Å². The highest BCUT2D eigenvalue weighted by Crippen LogP contribution is 2.24. The third-order valence-electron chi connectivity index (χ3n) is 4.65. The van der Waals surface area contributed by atoms with Crippen molar-refractivity contribution in [2.24, 2.45) is 5.92 Å². The molecule has 0 fully saturated rings. The maximum atomic E-state index is 12.9. The molecule has 0 aliphatic carbocycles. The maximum absolute atomic E-state index is 12.9. The number of benzene rings is 1. The molecule has 1 aliphatic heterocycles. The first-order valence-electron chi connectivity index (χ1n) is 9.32. The molecule has 1 aliphatic rings. The highest BCUT2D eigenvalue weighted by molar-refractivity contribution is 6.31. The number of nitrogens with zero attached hydrogens (tertiary/aromatic N) is 2. The summed E-state index contributed by atoms with van der Waals surface area (Å²) >= 11 is 6.04. The minimum Gasteiger partial charge on any atom is -0.350 e. The van der Waals surface area contributed by atoms with E-state index in [1.165, 1.54) is 0 Å². The van der Waals surface area contributed by atoms with Gasteiger partial charge in [0.05, 0.1) is 5.69 Å². The first-order valence-corrected chi connectivity index (χ1v) is 9.69. The van der Waals surface area contributed by atoms with Crippen molar-refractivity contribution in [1.82, 2.24) is 14.9 Å². The third-order valence-corrected chi connectivity index (χ3v) is 4.89. The molecule has 27 heavy (non-hydrogen) atoms. The van der Waals surface area contributed by atoms with E-state index in [1.54, 1.807) is 12.1 Å². The predicted molar refractivity (Wildman–Crippen MR) is 106 cm³/mol. The van der Waals surface area contributed by atoms with Gasteiger partial charge in [-0.2, -0.15) is 0 Å². The van der Waals surface area contributed by atoms with E-state index in [9.17, 15) is 9.59 Å². The van der Waals surface area contributed by atoms with E-state index in [0.717, 1.165) is 30.5 Å². The minimum atomic E-state index is -0.327. The number of carbonyl (C=O) groups is 2. The topological polar surface area (TPSA) is 76.0 Å². The zero-order valence-electron chi connectivity index (χ0n) is 15.9. The molecule has 2 aromatic rings. The highest BCUT2D eigenvalue weighted by Gasteiger charge is 2.27. The standard InChI is InChI=1S/C20H25ClN4O2/c1-12(2)11-22-19(26)17-16-6-4-5-9-25(16)18(24-17)20(27)23-15-10-14(21)8-7-13(15)3/h7-8,10,12H,4-6,9,11H2,1-3H3,(H,22,26)(H,23,27). The first kappa shape index (κ1) is 19.4. The number of carbonyl (C=O) groups excluding carboxylic acids is 2. The van der Waals surface area contributed by atoms with Crippen LogP contribution in [-0.4, -0.2) is 27.9 Å².